The van der Waals surface area contributed by atoms with E-state index in [4.69, 9.17) is 5.73 Å². The first-order valence-corrected chi connectivity index (χ1v) is 8.36. The molecule has 4 aliphatic carbocycles. The zero-order valence-corrected chi connectivity index (χ0v) is 12.3. The second kappa shape index (κ2) is 3.51. The Kier molecular flexibility index (Phi) is 2.24. The number of hydrogen-bond donors (Lipinski definition) is 1. The molecule has 1 aromatic heterocycles. The molecule has 3 heteroatoms. The minimum atomic E-state index is 0.460. The summed E-state index contributed by atoms with van der Waals surface area (Å²) in [6.07, 6.45) is 8.74. The third-order valence-electron chi connectivity index (χ3n) is 5.39. The summed E-state index contributed by atoms with van der Waals surface area (Å²) in [7, 11) is 0. The topological polar surface area (TPSA) is 26.0 Å². The Balaban J connectivity index is 1.80. The van der Waals surface area contributed by atoms with Crippen molar-refractivity contribution in [2.45, 2.75) is 43.9 Å². The predicted molar refractivity (Wildman–Crippen MR) is 76.3 cm³/mol. The molecule has 0 aromatic carbocycles. The van der Waals surface area contributed by atoms with Crippen molar-refractivity contribution in [2.75, 3.05) is 5.73 Å². The van der Waals surface area contributed by atoms with Gasteiger partial charge in [0.25, 0.3) is 0 Å². The number of halogens is 1. The molecule has 0 atom stereocenters. The van der Waals surface area contributed by atoms with Gasteiger partial charge in [-0.1, -0.05) is 0 Å². The summed E-state index contributed by atoms with van der Waals surface area (Å²) in [5.41, 5.74) is 9.27. The van der Waals surface area contributed by atoms with E-state index < -0.39 is 0 Å². The van der Waals surface area contributed by atoms with E-state index in [2.05, 4.69) is 21.3 Å². The number of hydrogen-bond acceptors (Lipinski definition) is 2. The van der Waals surface area contributed by atoms with Crippen LogP contribution in [0.5, 0.6) is 0 Å². The Morgan fingerprint density at radius 2 is 1.65 bits per heavy atom. The van der Waals surface area contributed by atoms with Crippen LogP contribution in [0.25, 0.3) is 0 Å². The van der Waals surface area contributed by atoms with Gasteiger partial charge in [-0.05, 0) is 88.6 Å². The quantitative estimate of drug-likeness (QED) is 0.808. The average molecular weight is 312 g/mol. The Bertz CT molecular complexity index is 430. The number of anilines is 1. The summed E-state index contributed by atoms with van der Waals surface area (Å²) in [6, 6.07) is 0. The highest BCUT2D eigenvalue weighted by Crippen LogP contribution is 2.62. The van der Waals surface area contributed by atoms with E-state index in [1.165, 1.54) is 44.1 Å². The molecule has 0 saturated heterocycles. The van der Waals surface area contributed by atoms with Crippen LogP contribution in [0.3, 0.4) is 0 Å². The zero-order chi connectivity index (χ0) is 11.6. The molecule has 0 unspecified atom stereocenters. The predicted octanol–water partition coefficient (Wildman–Crippen LogP) is 4.56. The van der Waals surface area contributed by atoms with Gasteiger partial charge in [-0.3, -0.25) is 0 Å². The van der Waals surface area contributed by atoms with Crippen molar-refractivity contribution in [1.82, 2.24) is 0 Å². The van der Waals surface area contributed by atoms with E-state index in [0.717, 1.165) is 27.2 Å². The van der Waals surface area contributed by atoms with Crippen LogP contribution < -0.4 is 5.73 Å². The van der Waals surface area contributed by atoms with Crippen LogP contribution in [0, 0.1) is 17.8 Å². The van der Waals surface area contributed by atoms with Gasteiger partial charge in [0.2, 0.25) is 0 Å². The van der Waals surface area contributed by atoms with Crippen molar-refractivity contribution >= 4 is 33.0 Å². The first-order valence-electron chi connectivity index (χ1n) is 6.69. The molecule has 0 amide bonds. The fraction of sp³-hybridized carbons (Fsp3) is 0.714. The lowest BCUT2D eigenvalue weighted by Gasteiger charge is -2.57. The Morgan fingerprint density at radius 3 is 2.06 bits per heavy atom. The first kappa shape index (κ1) is 10.9. The van der Waals surface area contributed by atoms with Crippen molar-refractivity contribution < 1.29 is 0 Å². The fourth-order valence-electron chi connectivity index (χ4n) is 5.19. The molecule has 0 aliphatic heterocycles. The fourth-order valence-corrected chi connectivity index (χ4v) is 6.52. The first-order chi connectivity index (χ1) is 8.16. The van der Waals surface area contributed by atoms with Gasteiger partial charge in [0, 0.05) is 0 Å². The monoisotopic (exact) mass is 311 g/mol. The lowest BCUT2D eigenvalue weighted by molar-refractivity contribution is -0.00466. The van der Waals surface area contributed by atoms with Crippen molar-refractivity contribution in [3.63, 3.8) is 0 Å². The second-order valence-electron chi connectivity index (χ2n) is 6.53. The van der Waals surface area contributed by atoms with Crippen molar-refractivity contribution in [3.8, 4) is 0 Å². The molecule has 92 valence electrons. The van der Waals surface area contributed by atoms with E-state index in [-0.39, 0.29) is 0 Å². The van der Waals surface area contributed by atoms with Gasteiger partial charge in [0.05, 0.1) is 9.47 Å². The average Bonchev–Trinajstić information content (AvgIpc) is 2.58. The van der Waals surface area contributed by atoms with Crippen molar-refractivity contribution in [2.24, 2.45) is 17.8 Å². The maximum atomic E-state index is 6.29. The molecule has 2 N–H and O–H groups in total. The van der Waals surface area contributed by atoms with Crippen LogP contribution in [0.15, 0.2) is 9.17 Å². The molecular formula is C14H18BrNS. The van der Waals surface area contributed by atoms with Crippen molar-refractivity contribution in [1.29, 1.82) is 0 Å². The third kappa shape index (κ3) is 1.48. The van der Waals surface area contributed by atoms with Crippen LogP contribution in [0.4, 0.5) is 5.69 Å². The van der Waals surface area contributed by atoms with Gasteiger partial charge in [0.1, 0.15) is 0 Å². The smallest absolute Gasteiger partial charge is 0.0930 e. The molecule has 1 aromatic rings. The molecule has 0 spiro atoms. The molecular weight excluding hydrogens is 294 g/mol. The standard InChI is InChI=1S/C14H18BrNS/c15-13-12(16)11(7-17-13)14-4-8-1-9(5-14)3-10(2-8)6-14/h7-10H,1-6,16H2. The van der Waals surface area contributed by atoms with E-state index >= 15 is 0 Å². The summed E-state index contributed by atoms with van der Waals surface area (Å²) in [6.45, 7) is 0. The highest BCUT2D eigenvalue weighted by molar-refractivity contribution is 9.11. The third-order valence-corrected chi connectivity index (χ3v) is 7.16. The lowest BCUT2D eigenvalue weighted by Crippen LogP contribution is -2.48. The molecule has 17 heavy (non-hydrogen) atoms. The van der Waals surface area contributed by atoms with Crippen LogP contribution in [0.2, 0.25) is 0 Å². The molecule has 0 radical (unpaired) electrons. The van der Waals surface area contributed by atoms with Gasteiger partial charge in [-0.15, -0.1) is 11.3 Å². The maximum Gasteiger partial charge on any atom is 0.0930 e. The number of rotatable bonds is 1. The minimum Gasteiger partial charge on any atom is -0.397 e. The van der Waals surface area contributed by atoms with Gasteiger partial charge in [0.15, 0.2) is 0 Å². The molecule has 4 saturated carbocycles. The number of thiophene rings is 1. The number of nitrogen functional groups attached to an aromatic ring is 1. The Labute approximate surface area is 115 Å². The van der Waals surface area contributed by atoms with E-state index in [1.54, 1.807) is 11.3 Å². The highest BCUT2D eigenvalue weighted by Gasteiger charge is 2.52. The largest absolute Gasteiger partial charge is 0.397 e. The highest BCUT2D eigenvalue weighted by atomic mass is 79.9. The SMILES string of the molecule is Nc1c(C23CC4CC(CC(C4)C2)C3)csc1Br. The summed E-state index contributed by atoms with van der Waals surface area (Å²) >= 11 is 5.36. The molecule has 4 fully saturated rings. The van der Waals surface area contributed by atoms with Crippen LogP contribution in [-0.2, 0) is 5.41 Å². The van der Waals surface area contributed by atoms with E-state index in [9.17, 15) is 0 Å². The molecule has 4 aliphatic rings. The Morgan fingerprint density at radius 1 is 1.12 bits per heavy atom. The van der Waals surface area contributed by atoms with Gasteiger partial charge in [-0.25, -0.2) is 0 Å². The summed E-state index contributed by atoms with van der Waals surface area (Å²) in [5, 5.41) is 2.33. The molecule has 1 nitrogen and oxygen atoms in total. The van der Waals surface area contributed by atoms with Gasteiger partial charge in [-0.2, -0.15) is 0 Å². The summed E-state index contributed by atoms with van der Waals surface area (Å²) in [5.74, 6) is 3.00. The van der Waals surface area contributed by atoms with Crippen LogP contribution in [-0.4, -0.2) is 0 Å². The number of nitrogens with two attached hydrogens (primary N) is 1. The van der Waals surface area contributed by atoms with E-state index in [1.807, 2.05) is 0 Å². The lowest BCUT2D eigenvalue weighted by atomic mass is 9.48. The van der Waals surface area contributed by atoms with E-state index in [0.29, 0.717) is 5.41 Å². The molecule has 1 heterocycles. The molecule has 5 rings (SSSR count). The van der Waals surface area contributed by atoms with Crippen LogP contribution >= 0.6 is 27.3 Å². The van der Waals surface area contributed by atoms with Crippen molar-refractivity contribution in [3.05, 3.63) is 14.7 Å². The Hall–Kier alpha value is -0.0200. The summed E-state index contributed by atoms with van der Waals surface area (Å²) in [4.78, 5) is 0. The zero-order valence-electron chi connectivity index (χ0n) is 9.92. The minimum absolute atomic E-state index is 0.460. The second-order valence-corrected chi connectivity index (χ2v) is 8.73. The summed E-state index contributed by atoms with van der Waals surface area (Å²) < 4.78 is 1.14. The van der Waals surface area contributed by atoms with Gasteiger partial charge >= 0.3 is 0 Å². The van der Waals surface area contributed by atoms with Gasteiger partial charge < -0.3 is 5.73 Å². The maximum absolute atomic E-state index is 6.29. The normalized spacial score (nSPS) is 43.2. The van der Waals surface area contributed by atoms with Crippen LogP contribution in [0.1, 0.15) is 44.1 Å². The molecule has 4 bridgehead atoms.